The largest absolute Gasteiger partial charge is 0.493 e. The van der Waals surface area contributed by atoms with Gasteiger partial charge in [0.15, 0.2) is 11.5 Å². The predicted molar refractivity (Wildman–Crippen MR) is 93.1 cm³/mol. The van der Waals surface area contributed by atoms with Gasteiger partial charge >= 0.3 is 0 Å². The minimum atomic E-state index is -0.391. The first-order valence-electron chi connectivity index (χ1n) is 8.52. The molecule has 0 unspecified atom stereocenters. The highest BCUT2D eigenvalue weighted by Gasteiger charge is 2.12. The lowest BCUT2D eigenvalue weighted by atomic mass is 10.2. The number of nitrogens with one attached hydrogen (secondary N) is 2. The fourth-order valence-corrected chi connectivity index (χ4v) is 2.05. The molecule has 0 saturated heterocycles. The first-order valence-corrected chi connectivity index (χ1v) is 8.52. The van der Waals surface area contributed by atoms with E-state index < -0.39 is 5.91 Å². The Kier molecular flexibility index (Phi) is 9.34. The monoisotopic (exact) mass is 336 g/mol. The number of carbonyl (C=O) groups is 2. The Morgan fingerprint density at radius 3 is 2.42 bits per heavy atom. The van der Waals surface area contributed by atoms with Gasteiger partial charge in [-0.3, -0.25) is 20.4 Å². The van der Waals surface area contributed by atoms with E-state index in [1.54, 1.807) is 18.2 Å². The third-order valence-electron chi connectivity index (χ3n) is 3.50. The van der Waals surface area contributed by atoms with Gasteiger partial charge in [0, 0.05) is 12.0 Å². The number of carbonyl (C=O) groups excluding carboxylic acids is 2. The van der Waals surface area contributed by atoms with E-state index in [1.807, 2.05) is 0 Å². The molecule has 1 aromatic rings. The van der Waals surface area contributed by atoms with Crippen molar-refractivity contribution in [2.45, 2.75) is 52.4 Å². The molecule has 24 heavy (non-hydrogen) atoms. The maximum atomic E-state index is 12.1. The summed E-state index contributed by atoms with van der Waals surface area (Å²) in [5, 5.41) is 0. The highest BCUT2D eigenvalue weighted by molar-refractivity contribution is 5.96. The molecule has 2 N–H and O–H groups in total. The zero-order valence-corrected chi connectivity index (χ0v) is 14.8. The van der Waals surface area contributed by atoms with Crippen LogP contribution in [0.4, 0.5) is 0 Å². The maximum Gasteiger partial charge on any atom is 0.269 e. The number of benzene rings is 1. The molecular formula is C18H28N2O4. The second-order valence-corrected chi connectivity index (χ2v) is 5.53. The SMILES string of the molecule is CCCCCC(=O)NNC(=O)c1ccc(OCCCC)c(OC)c1. The van der Waals surface area contributed by atoms with Crippen LogP contribution < -0.4 is 20.3 Å². The second-order valence-electron chi connectivity index (χ2n) is 5.53. The summed E-state index contributed by atoms with van der Waals surface area (Å²) in [5.41, 5.74) is 5.23. The number of hydrogen-bond acceptors (Lipinski definition) is 4. The van der Waals surface area contributed by atoms with Crippen molar-refractivity contribution in [2.75, 3.05) is 13.7 Å². The lowest BCUT2D eigenvalue weighted by molar-refractivity contribution is -0.121. The van der Waals surface area contributed by atoms with Crippen LogP contribution in [0.25, 0.3) is 0 Å². The Balaban J connectivity index is 2.56. The second kappa shape index (κ2) is 11.3. The van der Waals surface area contributed by atoms with E-state index in [1.165, 1.54) is 7.11 Å². The first-order chi connectivity index (χ1) is 11.6. The van der Waals surface area contributed by atoms with E-state index in [0.717, 1.165) is 32.1 Å². The smallest absolute Gasteiger partial charge is 0.269 e. The van der Waals surface area contributed by atoms with Crippen LogP contribution in [0.1, 0.15) is 62.7 Å². The number of methoxy groups -OCH3 is 1. The van der Waals surface area contributed by atoms with Gasteiger partial charge in [-0.25, -0.2) is 0 Å². The quantitative estimate of drug-likeness (QED) is 0.508. The number of amides is 2. The van der Waals surface area contributed by atoms with Crippen molar-refractivity contribution in [3.63, 3.8) is 0 Å². The molecule has 2 amide bonds. The molecule has 0 fully saturated rings. The predicted octanol–water partition coefficient (Wildman–Crippen LogP) is 3.22. The van der Waals surface area contributed by atoms with Crippen LogP contribution in [0.15, 0.2) is 18.2 Å². The van der Waals surface area contributed by atoms with E-state index in [4.69, 9.17) is 9.47 Å². The molecule has 0 atom stereocenters. The molecule has 0 radical (unpaired) electrons. The van der Waals surface area contributed by atoms with Gasteiger partial charge in [0.1, 0.15) is 0 Å². The summed E-state index contributed by atoms with van der Waals surface area (Å²) in [6, 6.07) is 4.94. The molecule has 0 aliphatic heterocycles. The van der Waals surface area contributed by atoms with E-state index in [0.29, 0.717) is 30.1 Å². The number of rotatable bonds is 10. The molecule has 1 aromatic carbocycles. The first kappa shape index (κ1) is 19.8. The summed E-state index contributed by atoms with van der Waals surface area (Å²) in [6.07, 6.45) is 5.26. The highest BCUT2D eigenvalue weighted by atomic mass is 16.5. The van der Waals surface area contributed by atoms with Gasteiger partial charge in [-0.1, -0.05) is 33.1 Å². The van der Waals surface area contributed by atoms with Gasteiger partial charge in [0.05, 0.1) is 13.7 Å². The number of ether oxygens (including phenoxy) is 2. The van der Waals surface area contributed by atoms with Gasteiger partial charge < -0.3 is 9.47 Å². The summed E-state index contributed by atoms with van der Waals surface area (Å²) in [6.45, 7) is 4.76. The van der Waals surface area contributed by atoms with Gasteiger partial charge in [-0.2, -0.15) is 0 Å². The summed E-state index contributed by atoms with van der Waals surface area (Å²) in [5.74, 6) is 0.514. The molecule has 0 spiro atoms. The lowest BCUT2D eigenvalue weighted by Gasteiger charge is -2.12. The molecule has 0 aliphatic rings. The molecule has 0 saturated carbocycles. The summed E-state index contributed by atoms with van der Waals surface area (Å²) < 4.78 is 10.9. The van der Waals surface area contributed by atoms with Crippen molar-refractivity contribution in [1.82, 2.24) is 10.9 Å². The molecule has 0 heterocycles. The zero-order chi connectivity index (χ0) is 17.8. The molecular weight excluding hydrogens is 308 g/mol. The van der Waals surface area contributed by atoms with Crippen LogP contribution in [0.2, 0.25) is 0 Å². The molecule has 0 bridgehead atoms. The lowest BCUT2D eigenvalue weighted by Crippen LogP contribution is -2.41. The number of unbranched alkanes of at least 4 members (excludes halogenated alkanes) is 3. The van der Waals surface area contributed by atoms with Crippen molar-refractivity contribution in [3.05, 3.63) is 23.8 Å². The topological polar surface area (TPSA) is 76.7 Å². The standard InChI is InChI=1S/C18H28N2O4/c1-4-6-8-9-17(21)19-20-18(22)14-10-11-15(16(13-14)23-3)24-12-7-5-2/h10-11,13H,4-9,12H2,1-3H3,(H,19,21)(H,20,22). The van der Waals surface area contributed by atoms with E-state index >= 15 is 0 Å². The highest BCUT2D eigenvalue weighted by Crippen LogP contribution is 2.28. The minimum absolute atomic E-state index is 0.191. The number of hydrogen-bond donors (Lipinski definition) is 2. The Hall–Kier alpha value is -2.24. The van der Waals surface area contributed by atoms with E-state index in [2.05, 4.69) is 24.7 Å². The van der Waals surface area contributed by atoms with Gasteiger partial charge in [0.2, 0.25) is 5.91 Å². The Bertz CT molecular complexity index is 532. The molecule has 1 rings (SSSR count). The molecule has 6 nitrogen and oxygen atoms in total. The zero-order valence-electron chi connectivity index (χ0n) is 14.8. The molecule has 134 valence electrons. The van der Waals surface area contributed by atoms with E-state index in [9.17, 15) is 9.59 Å². The van der Waals surface area contributed by atoms with Gasteiger partial charge in [0.25, 0.3) is 5.91 Å². The van der Waals surface area contributed by atoms with Crippen molar-refractivity contribution in [2.24, 2.45) is 0 Å². The van der Waals surface area contributed by atoms with Crippen molar-refractivity contribution in [3.8, 4) is 11.5 Å². The summed E-state index contributed by atoms with van der Waals surface area (Å²) in [4.78, 5) is 23.7. The summed E-state index contributed by atoms with van der Waals surface area (Å²) >= 11 is 0. The molecule has 0 aliphatic carbocycles. The minimum Gasteiger partial charge on any atom is -0.493 e. The Labute approximate surface area is 143 Å². The third kappa shape index (κ3) is 6.89. The van der Waals surface area contributed by atoms with Crippen LogP contribution in [0.5, 0.6) is 11.5 Å². The van der Waals surface area contributed by atoms with Crippen LogP contribution in [0.3, 0.4) is 0 Å². The van der Waals surface area contributed by atoms with Gasteiger partial charge in [-0.15, -0.1) is 0 Å². The molecule has 0 aromatic heterocycles. The van der Waals surface area contributed by atoms with Crippen LogP contribution in [-0.4, -0.2) is 25.5 Å². The van der Waals surface area contributed by atoms with Crippen molar-refractivity contribution < 1.29 is 19.1 Å². The van der Waals surface area contributed by atoms with Crippen LogP contribution in [-0.2, 0) is 4.79 Å². The average molecular weight is 336 g/mol. The normalized spacial score (nSPS) is 10.1. The fraction of sp³-hybridized carbons (Fsp3) is 0.556. The van der Waals surface area contributed by atoms with Crippen molar-refractivity contribution >= 4 is 11.8 Å². The number of hydrazine groups is 1. The Morgan fingerprint density at radius 2 is 1.75 bits per heavy atom. The van der Waals surface area contributed by atoms with Gasteiger partial charge in [-0.05, 0) is 31.0 Å². The summed E-state index contributed by atoms with van der Waals surface area (Å²) in [7, 11) is 1.53. The third-order valence-corrected chi connectivity index (χ3v) is 3.50. The van der Waals surface area contributed by atoms with Crippen LogP contribution in [0, 0.1) is 0 Å². The van der Waals surface area contributed by atoms with E-state index in [-0.39, 0.29) is 5.91 Å². The van der Waals surface area contributed by atoms with Crippen molar-refractivity contribution in [1.29, 1.82) is 0 Å². The fourth-order valence-electron chi connectivity index (χ4n) is 2.05. The Morgan fingerprint density at radius 1 is 1.00 bits per heavy atom. The maximum absolute atomic E-state index is 12.1. The van der Waals surface area contributed by atoms with Crippen LogP contribution >= 0.6 is 0 Å². The molecule has 6 heteroatoms. The average Bonchev–Trinajstić information content (AvgIpc) is 2.60.